The third-order valence-electron chi connectivity index (χ3n) is 6.41. The molecule has 0 aliphatic rings. The second-order valence-corrected chi connectivity index (χ2v) is 9.01. The van der Waals surface area contributed by atoms with Crippen LogP contribution in [0.4, 0.5) is 0 Å². The summed E-state index contributed by atoms with van der Waals surface area (Å²) in [6.07, 6.45) is 0. The van der Waals surface area contributed by atoms with E-state index in [1.165, 1.54) is 24.3 Å². The Balaban J connectivity index is 1.57. The van der Waals surface area contributed by atoms with Crippen molar-refractivity contribution in [3.05, 3.63) is 143 Å². The van der Waals surface area contributed by atoms with Gasteiger partial charge in [0.25, 0.3) is 17.4 Å². The number of esters is 1. The zero-order valence-electron chi connectivity index (χ0n) is 21.7. The van der Waals surface area contributed by atoms with E-state index in [-0.39, 0.29) is 29.1 Å². The molecular formula is C32H18N6O4. The summed E-state index contributed by atoms with van der Waals surface area (Å²) in [5, 5.41) is 35.6. The Morgan fingerprint density at radius 2 is 1.07 bits per heavy atom. The van der Waals surface area contributed by atoms with Crippen molar-refractivity contribution in [2.75, 3.05) is 0 Å². The first-order valence-corrected chi connectivity index (χ1v) is 12.6. The van der Waals surface area contributed by atoms with Crippen LogP contribution in [0.15, 0.2) is 118 Å². The van der Waals surface area contributed by atoms with Gasteiger partial charge in [-0.15, -0.1) is 20.4 Å². The van der Waals surface area contributed by atoms with Crippen LogP contribution in [-0.2, 0) is 10.3 Å². The van der Waals surface area contributed by atoms with Crippen molar-refractivity contribution in [3.8, 4) is 35.0 Å². The number of nitrogens with zero attached hydrogens (tertiary/aromatic N) is 6. The molecule has 200 valence electrons. The van der Waals surface area contributed by atoms with Crippen molar-refractivity contribution in [2.24, 2.45) is 0 Å². The standard InChI is InChI=1S/C32H18N6O4/c33-19-21-11-15-25(16-12-21)29(39)42-32(26-17-13-22(20-34)14-18-26,30-37-35-27(40-30)23-7-3-1-4-8-23)31-38-36-28(41-31)24-9-5-2-6-10-24/h1-18H. The van der Waals surface area contributed by atoms with Crippen molar-refractivity contribution in [3.63, 3.8) is 0 Å². The number of rotatable bonds is 7. The highest BCUT2D eigenvalue weighted by molar-refractivity contribution is 5.90. The molecule has 0 bridgehead atoms. The third-order valence-corrected chi connectivity index (χ3v) is 6.41. The Bertz CT molecular complexity index is 1860. The minimum absolute atomic E-state index is 0.151. The van der Waals surface area contributed by atoms with E-state index in [9.17, 15) is 15.3 Å². The molecule has 0 aliphatic heterocycles. The lowest BCUT2D eigenvalue weighted by molar-refractivity contribution is -0.00564. The fourth-order valence-electron chi connectivity index (χ4n) is 4.27. The molecule has 6 rings (SSSR count). The van der Waals surface area contributed by atoms with Gasteiger partial charge in [-0.2, -0.15) is 10.5 Å². The number of ether oxygens (including phenoxy) is 1. The van der Waals surface area contributed by atoms with E-state index < -0.39 is 11.6 Å². The predicted molar refractivity (Wildman–Crippen MR) is 147 cm³/mol. The Morgan fingerprint density at radius 1 is 0.619 bits per heavy atom. The van der Waals surface area contributed by atoms with E-state index in [4.69, 9.17) is 13.6 Å². The lowest BCUT2D eigenvalue weighted by Gasteiger charge is -2.27. The fraction of sp³-hybridized carbons (Fsp3) is 0.0312. The van der Waals surface area contributed by atoms with Crippen molar-refractivity contribution in [1.82, 2.24) is 20.4 Å². The molecule has 2 heterocycles. The van der Waals surface area contributed by atoms with Gasteiger partial charge in [0.2, 0.25) is 11.8 Å². The molecule has 0 fully saturated rings. The molecule has 0 radical (unpaired) electrons. The molecule has 0 amide bonds. The Hall–Kier alpha value is -6.39. The van der Waals surface area contributed by atoms with Crippen LogP contribution in [0.5, 0.6) is 0 Å². The van der Waals surface area contributed by atoms with Gasteiger partial charge in [0, 0.05) is 16.7 Å². The first-order valence-electron chi connectivity index (χ1n) is 12.6. The third kappa shape index (κ3) is 4.76. The zero-order valence-corrected chi connectivity index (χ0v) is 21.7. The maximum absolute atomic E-state index is 13.7. The largest absolute Gasteiger partial charge is 0.430 e. The average molecular weight is 551 g/mol. The molecule has 4 aromatic carbocycles. The zero-order chi connectivity index (χ0) is 28.9. The predicted octanol–water partition coefficient (Wildman–Crippen LogP) is 5.68. The van der Waals surface area contributed by atoms with Crippen molar-refractivity contribution in [1.29, 1.82) is 10.5 Å². The number of aromatic nitrogens is 4. The van der Waals surface area contributed by atoms with Crippen LogP contribution in [0, 0.1) is 22.7 Å². The molecule has 0 atom stereocenters. The Labute approximate surface area is 239 Å². The second-order valence-electron chi connectivity index (χ2n) is 9.01. The maximum atomic E-state index is 13.7. The van der Waals surface area contributed by atoms with Gasteiger partial charge in [0.1, 0.15) is 0 Å². The molecule has 10 heteroatoms. The molecular weight excluding hydrogens is 532 g/mol. The van der Waals surface area contributed by atoms with Crippen LogP contribution in [0.25, 0.3) is 22.9 Å². The summed E-state index contributed by atoms with van der Waals surface area (Å²) < 4.78 is 18.5. The summed E-state index contributed by atoms with van der Waals surface area (Å²) in [7, 11) is 0. The molecule has 0 N–H and O–H groups in total. The monoisotopic (exact) mass is 550 g/mol. The van der Waals surface area contributed by atoms with Crippen molar-refractivity contribution < 1.29 is 18.4 Å². The van der Waals surface area contributed by atoms with Crippen LogP contribution in [0.2, 0.25) is 0 Å². The van der Waals surface area contributed by atoms with Crippen molar-refractivity contribution >= 4 is 5.97 Å². The van der Waals surface area contributed by atoms with E-state index in [0.717, 1.165) is 0 Å². The average Bonchev–Trinajstić information content (AvgIpc) is 3.76. The van der Waals surface area contributed by atoms with E-state index in [0.29, 0.717) is 27.8 Å². The molecule has 42 heavy (non-hydrogen) atoms. The van der Waals surface area contributed by atoms with Gasteiger partial charge in [0.15, 0.2) is 0 Å². The van der Waals surface area contributed by atoms with Crippen molar-refractivity contribution in [2.45, 2.75) is 5.60 Å². The maximum Gasteiger partial charge on any atom is 0.340 e. The van der Waals surface area contributed by atoms with E-state index in [1.807, 2.05) is 42.5 Å². The number of benzene rings is 4. The summed E-state index contributed by atoms with van der Waals surface area (Å²) in [4.78, 5) is 13.7. The van der Waals surface area contributed by atoms with Gasteiger partial charge in [-0.1, -0.05) is 48.5 Å². The number of nitriles is 2. The Morgan fingerprint density at radius 3 is 1.52 bits per heavy atom. The fourth-order valence-corrected chi connectivity index (χ4v) is 4.27. The smallest absolute Gasteiger partial charge is 0.340 e. The molecule has 0 unspecified atom stereocenters. The summed E-state index contributed by atoms with van der Waals surface area (Å²) in [6, 6.07) is 34.5. The highest BCUT2D eigenvalue weighted by Crippen LogP contribution is 2.41. The van der Waals surface area contributed by atoms with Crippen LogP contribution in [0.3, 0.4) is 0 Å². The molecule has 2 aromatic heterocycles. The first-order chi connectivity index (χ1) is 20.6. The Kier molecular flexibility index (Phi) is 6.78. The first kappa shape index (κ1) is 25.9. The number of hydrogen-bond donors (Lipinski definition) is 0. The lowest BCUT2D eigenvalue weighted by atomic mass is 9.92. The molecule has 0 saturated heterocycles. The topological polar surface area (TPSA) is 152 Å². The van der Waals surface area contributed by atoms with Gasteiger partial charge in [-0.05, 0) is 60.7 Å². The van der Waals surface area contributed by atoms with Crippen LogP contribution in [0.1, 0.15) is 38.8 Å². The van der Waals surface area contributed by atoms with Gasteiger partial charge >= 0.3 is 5.97 Å². The van der Waals surface area contributed by atoms with Gasteiger partial charge in [-0.25, -0.2) is 4.79 Å². The van der Waals surface area contributed by atoms with Gasteiger partial charge in [-0.3, -0.25) is 0 Å². The summed E-state index contributed by atoms with van der Waals surface area (Å²) in [5.41, 5.74) is 0.472. The van der Waals surface area contributed by atoms with Gasteiger partial charge in [0.05, 0.1) is 28.8 Å². The molecule has 6 aromatic rings. The van der Waals surface area contributed by atoms with Gasteiger partial charge < -0.3 is 13.6 Å². The minimum atomic E-state index is -2.01. The molecule has 0 saturated carbocycles. The van der Waals surface area contributed by atoms with Crippen LogP contribution in [-0.4, -0.2) is 26.4 Å². The highest BCUT2D eigenvalue weighted by atomic mass is 16.6. The van der Waals surface area contributed by atoms with E-state index >= 15 is 0 Å². The quantitative estimate of drug-likeness (QED) is 0.227. The van der Waals surface area contributed by atoms with Crippen LogP contribution < -0.4 is 0 Å². The molecule has 10 nitrogen and oxygen atoms in total. The van der Waals surface area contributed by atoms with E-state index in [1.54, 1.807) is 48.5 Å². The normalized spacial score (nSPS) is 10.9. The van der Waals surface area contributed by atoms with E-state index in [2.05, 4.69) is 26.5 Å². The van der Waals surface area contributed by atoms with Crippen LogP contribution >= 0.6 is 0 Å². The second kappa shape index (κ2) is 11.0. The number of carbonyl (C=O) groups is 1. The minimum Gasteiger partial charge on any atom is -0.430 e. The summed E-state index contributed by atoms with van der Waals surface area (Å²) in [5.74, 6) is -0.767. The summed E-state index contributed by atoms with van der Waals surface area (Å²) in [6.45, 7) is 0. The highest BCUT2D eigenvalue weighted by Gasteiger charge is 2.51. The number of carbonyl (C=O) groups excluding carboxylic acids is 1. The number of hydrogen-bond acceptors (Lipinski definition) is 10. The SMILES string of the molecule is N#Cc1ccc(C(=O)OC(c2ccc(C#N)cc2)(c2nnc(-c3ccccc3)o2)c2nnc(-c3ccccc3)o2)cc1. The molecule has 0 spiro atoms. The summed E-state index contributed by atoms with van der Waals surface area (Å²) >= 11 is 0. The molecule has 0 aliphatic carbocycles. The lowest BCUT2D eigenvalue weighted by Crippen LogP contribution is -2.36.